The van der Waals surface area contributed by atoms with Gasteiger partial charge in [0.2, 0.25) is 11.1 Å². The number of anilines is 1. The molecule has 0 aliphatic heterocycles. The van der Waals surface area contributed by atoms with Gasteiger partial charge in [-0.05, 0) is 24.6 Å². The van der Waals surface area contributed by atoms with Crippen LogP contribution in [0.2, 0.25) is 0 Å². The van der Waals surface area contributed by atoms with Gasteiger partial charge >= 0.3 is 0 Å². The van der Waals surface area contributed by atoms with E-state index >= 15 is 0 Å². The molecule has 8 heteroatoms. The van der Waals surface area contributed by atoms with Crippen LogP contribution in [-0.2, 0) is 11.3 Å². The molecule has 0 saturated carbocycles. The van der Waals surface area contributed by atoms with Crippen LogP contribution in [0.15, 0.2) is 53.7 Å². The van der Waals surface area contributed by atoms with Crippen molar-refractivity contribution in [3.05, 3.63) is 59.7 Å². The van der Waals surface area contributed by atoms with Crippen molar-refractivity contribution in [2.24, 2.45) is 0 Å². The second-order valence-corrected chi connectivity index (χ2v) is 8.08. The first kappa shape index (κ1) is 20.7. The molecule has 7 nitrogen and oxygen atoms in total. The number of hydrogen-bond donors (Lipinski definition) is 1. The molecule has 0 radical (unpaired) electrons. The van der Waals surface area contributed by atoms with Gasteiger partial charge in [0, 0.05) is 38.9 Å². The molecule has 3 aromatic rings. The van der Waals surface area contributed by atoms with Crippen molar-refractivity contribution in [2.75, 3.05) is 37.6 Å². The Morgan fingerprint density at radius 1 is 1.03 bits per heavy atom. The van der Waals surface area contributed by atoms with Crippen LogP contribution in [0, 0.1) is 6.92 Å². The van der Waals surface area contributed by atoms with Crippen LogP contribution in [0.25, 0.3) is 11.4 Å². The monoisotopic (exact) mass is 410 g/mol. The summed E-state index contributed by atoms with van der Waals surface area (Å²) in [6.07, 6.45) is 0. The molecule has 0 bridgehead atoms. The number of rotatable bonds is 7. The van der Waals surface area contributed by atoms with Crippen LogP contribution in [0.4, 0.5) is 5.69 Å². The third-order valence-electron chi connectivity index (χ3n) is 4.60. The van der Waals surface area contributed by atoms with E-state index in [1.54, 1.807) is 11.9 Å². The molecule has 0 atom stereocenters. The van der Waals surface area contributed by atoms with Crippen molar-refractivity contribution < 1.29 is 4.79 Å². The average molecular weight is 411 g/mol. The first-order chi connectivity index (χ1) is 13.8. The van der Waals surface area contributed by atoms with E-state index in [4.69, 9.17) is 5.84 Å². The summed E-state index contributed by atoms with van der Waals surface area (Å²) in [6, 6.07) is 16.1. The van der Waals surface area contributed by atoms with Gasteiger partial charge in [0.1, 0.15) is 0 Å². The maximum absolute atomic E-state index is 12.5. The Bertz CT molecular complexity index is 966. The van der Waals surface area contributed by atoms with E-state index in [1.165, 1.54) is 16.4 Å². The second-order valence-electron chi connectivity index (χ2n) is 7.14. The van der Waals surface area contributed by atoms with Gasteiger partial charge in [-0.1, -0.05) is 53.7 Å². The summed E-state index contributed by atoms with van der Waals surface area (Å²) in [5.74, 6) is 6.97. The van der Waals surface area contributed by atoms with Gasteiger partial charge in [-0.25, -0.2) is 4.68 Å². The fraction of sp³-hybridized carbons (Fsp3) is 0.286. The van der Waals surface area contributed by atoms with Crippen LogP contribution in [0.3, 0.4) is 0 Å². The number of hydrogen-bond acceptors (Lipinski definition) is 6. The number of nitrogens with zero attached hydrogens (tertiary/aromatic N) is 5. The summed E-state index contributed by atoms with van der Waals surface area (Å²) in [7, 11) is 5.80. The minimum Gasteiger partial charge on any atom is -0.378 e. The third-order valence-corrected chi connectivity index (χ3v) is 5.53. The van der Waals surface area contributed by atoms with Gasteiger partial charge in [-0.2, -0.15) is 0 Å². The third kappa shape index (κ3) is 5.08. The molecule has 1 amide bonds. The van der Waals surface area contributed by atoms with Gasteiger partial charge in [0.15, 0.2) is 5.82 Å². The number of carbonyl (C=O) groups excluding carboxylic acids is 1. The van der Waals surface area contributed by atoms with E-state index in [0.29, 0.717) is 17.5 Å². The normalized spacial score (nSPS) is 10.8. The lowest BCUT2D eigenvalue weighted by Crippen LogP contribution is -2.28. The summed E-state index contributed by atoms with van der Waals surface area (Å²) < 4.78 is 1.43. The van der Waals surface area contributed by atoms with Crippen molar-refractivity contribution in [1.82, 2.24) is 19.8 Å². The second kappa shape index (κ2) is 9.00. The molecule has 0 spiro atoms. The van der Waals surface area contributed by atoms with Crippen LogP contribution in [-0.4, -0.2) is 52.6 Å². The van der Waals surface area contributed by atoms with Gasteiger partial charge in [-0.15, -0.1) is 10.2 Å². The summed E-state index contributed by atoms with van der Waals surface area (Å²) in [6.45, 7) is 2.58. The molecule has 2 N–H and O–H groups in total. The van der Waals surface area contributed by atoms with Crippen molar-refractivity contribution in [3.8, 4) is 11.4 Å². The molecule has 0 saturated heterocycles. The summed E-state index contributed by atoms with van der Waals surface area (Å²) in [5.41, 5.74) is 4.27. The van der Waals surface area contributed by atoms with E-state index in [9.17, 15) is 4.79 Å². The molecule has 152 valence electrons. The number of benzene rings is 2. The zero-order valence-corrected chi connectivity index (χ0v) is 18.0. The number of nitrogen functional groups attached to an aromatic ring is 1. The van der Waals surface area contributed by atoms with Gasteiger partial charge in [0.25, 0.3) is 0 Å². The van der Waals surface area contributed by atoms with Crippen molar-refractivity contribution in [3.63, 3.8) is 0 Å². The van der Waals surface area contributed by atoms with Crippen molar-refractivity contribution in [2.45, 2.75) is 18.6 Å². The zero-order chi connectivity index (χ0) is 21.0. The Morgan fingerprint density at radius 2 is 1.69 bits per heavy atom. The summed E-state index contributed by atoms with van der Waals surface area (Å²) >= 11 is 1.29. The SMILES string of the molecule is Cc1ccc(-c2nnc(SCC(=O)N(C)Cc3ccc(N(C)C)cc3)n2N)cc1. The van der Waals surface area contributed by atoms with Gasteiger partial charge < -0.3 is 15.6 Å². The predicted molar refractivity (Wildman–Crippen MR) is 118 cm³/mol. The van der Waals surface area contributed by atoms with Crippen LogP contribution in [0.1, 0.15) is 11.1 Å². The molecule has 0 fully saturated rings. The quantitative estimate of drug-likeness (QED) is 0.477. The van der Waals surface area contributed by atoms with Crippen molar-refractivity contribution >= 4 is 23.4 Å². The molecule has 3 rings (SSSR count). The zero-order valence-electron chi connectivity index (χ0n) is 17.2. The maximum atomic E-state index is 12.5. The van der Waals surface area contributed by atoms with Crippen molar-refractivity contribution in [1.29, 1.82) is 0 Å². The lowest BCUT2D eigenvalue weighted by atomic mass is 10.1. The van der Waals surface area contributed by atoms with Gasteiger partial charge in [0.05, 0.1) is 5.75 Å². The first-order valence-electron chi connectivity index (χ1n) is 9.25. The topological polar surface area (TPSA) is 80.3 Å². The molecule has 0 unspecified atom stereocenters. The maximum Gasteiger partial charge on any atom is 0.233 e. The molecular formula is C21H26N6OS. The lowest BCUT2D eigenvalue weighted by molar-refractivity contribution is -0.127. The van der Waals surface area contributed by atoms with E-state index < -0.39 is 0 Å². The number of thioether (sulfide) groups is 1. The van der Waals surface area contributed by atoms with Crippen LogP contribution >= 0.6 is 11.8 Å². The molecule has 29 heavy (non-hydrogen) atoms. The fourth-order valence-corrected chi connectivity index (χ4v) is 3.57. The highest BCUT2D eigenvalue weighted by Gasteiger charge is 2.16. The Balaban J connectivity index is 1.58. The number of aromatic nitrogens is 3. The molecule has 1 heterocycles. The van der Waals surface area contributed by atoms with E-state index in [1.807, 2.05) is 74.4 Å². The molecule has 0 aliphatic rings. The summed E-state index contributed by atoms with van der Waals surface area (Å²) in [4.78, 5) is 16.3. The number of carbonyl (C=O) groups is 1. The minimum atomic E-state index is 0.00609. The lowest BCUT2D eigenvalue weighted by Gasteiger charge is -2.18. The molecular weight excluding hydrogens is 384 g/mol. The number of aryl methyl sites for hydroxylation is 1. The highest BCUT2D eigenvalue weighted by atomic mass is 32.2. The Morgan fingerprint density at radius 3 is 2.31 bits per heavy atom. The smallest absolute Gasteiger partial charge is 0.233 e. The number of amides is 1. The van der Waals surface area contributed by atoms with E-state index in [0.717, 1.165) is 22.4 Å². The standard InChI is InChI=1S/C21H26N6OS/c1-15-5-9-17(10-6-15)20-23-24-21(27(20)22)29-14-19(28)26(4)13-16-7-11-18(12-8-16)25(2)3/h5-12H,13-14,22H2,1-4H3. The van der Waals surface area contributed by atoms with Gasteiger partial charge in [-0.3, -0.25) is 4.79 Å². The Kier molecular flexibility index (Phi) is 6.43. The number of nitrogens with two attached hydrogens (primary N) is 1. The first-order valence-corrected chi connectivity index (χ1v) is 10.2. The largest absolute Gasteiger partial charge is 0.378 e. The summed E-state index contributed by atoms with van der Waals surface area (Å²) in [5, 5.41) is 8.81. The average Bonchev–Trinajstić information content (AvgIpc) is 3.07. The Labute approximate surface area is 175 Å². The van der Waals surface area contributed by atoms with Crippen LogP contribution in [0.5, 0.6) is 0 Å². The highest BCUT2D eigenvalue weighted by Crippen LogP contribution is 2.22. The predicted octanol–water partition coefficient (Wildman–Crippen LogP) is 2.78. The van der Waals surface area contributed by atoms with E-state index in [-0.39, 0.29) is 11.7 Å². The Hall–Kier alpha value is -3.00. The van der Waals surface area contributed by atoms with Crippen LogP contribution < -0.4 is 10.7 Å². The van der Waals surface area contributed by atoms with E-state index in [2.05, 4.69) is 10.2 Å². The molecule has 1 aromatic heterocycles. The fourth-order valence-electron chi connectivity index (χ4n) is 2.77. The molecule has 2 aromatic carbocycles. The highest BCUT2D eigenvalue weighted by molar-refractivity contribution is 7.99. The molecule has 0 aliphatic carbocycles. The minimum absolute atomic E-state index is 0.00609.